The Morgan fingerprint density at radius 3 is 3.10 bits per heavy atom. The van der Waals surface area contributed by atoms with Crippen molar-refractivity contribution in [3.05, 3.63) is 33.9 Å². The number of aliphatic hydroxyl groups excluding tert-OH is 1. The van der Waals surface area contributed by atoms with E-state index in [1.54, 1.807) is 17.7 Å². The van der Waals surface area contributed by atoms with E-state index in [0.717, 1.165) is 16.0 Å². The van der Waals surface area contributed by atoms with Crippen molar-refractivity contribution in [1.82, 2.24) is 15.0 Å². The van der Waals surface area contributed by atoms with Gasteiger partial charge in [0.25, 0.3) is 0 Å². The van der Waals surface area contributed by atoms with E-state index in [9.17, 15) is 0 Å². The lowest BCUT2D eigenvalue weighted by atomic mass is 10.3. The van der Waals surface area contributed by atoms with E-state index in [1.165, 1.54) is 11.3 Å². The second kappa shape index (κ2) is 6.63. The van der Waals surface area contributed by atoms with Crippen molar-refractivity contribution < 1.29 is 5.11 Å². The molecule has 0 atom stereocenters. The summed E-state index contributed by atoms with van der Waals surface area (Å²) in [5, 5.41) is 17.8. The number of rotatable bonds is 4. The van der Waals surface area contributed by atoms with Gasteiger partial charge in [-0.1, -0.05) is 5.92 Å². The van der Waals surface area contributed by atoms with Crippen LogP contribution in [-0.4, -0.2) is 26.6 Å². The van der Waals surface area contributed by atoms with Crippen LogP contribution in [0.1, 0.15) is 17.1 Å². The van der Waals surface area contributed by atoms with E-state index in [0.29, 0.717) is 23.7 Å². The molecule has 0 radical (unpaired) electrons. The van der Waals surface area contributed by atoms with Gasteiger partial charge < -0.3 is 10.4 Å². The molecule has 7 heteroatoms. The molecule has 21 heavy (non-hydrogen) atoms. The minimum absolute atomic E-state index is 0.0295. The summed E-state index contributed by atoms with van der Waals surface area (Å²) in [6.45, 7) is 0.685. The number of anilines is 1. The van der Waals surface area contributed by atoms with E-state index >= 15 is 0 Å². The molecule has 3 rings (SSSR count). The molecule has 0 aliphatic rings. The number of hydrogen-bond acceptors (Lipinski definition) is 7. The van der Waals surface area contributed by atoms with Gasteiger partial charge in [-0.25, -0.2) is 15.0 Å². The molecule has 0 fully saturated rings. The first-order chi connectivity index (χ1) is 10.4. The van der Waals surface area contributed by atoms with Gasteiger partial charge in [-0.15, -0.1) is 22.7 Å². The number of nitrogens with zero attached hydrogens (tertiary/aromatic N) is 3. The van der Waals surface area contributed by atoms with Crippen molar-refractivity contribution in [2.24, 2.45) is 0 Å². The maximum absolute atomic E-state index is 8.93. The number of thiophene rings is 1. The molecular weight excluding hydrogens is 304 g/mol. The Kier molecular flexibility index (Phi) is 4.40. The molecule has 0 saturated carbocycles. The molecule has 0 spiro atoms. The Hall–Kier alpha value is -2.01. The summed E-state index contributed by atoms with van der Waals surface area (Å²) in [5.74, 6) is 6.89. The van der Waals surface area contributed by atoms with Crippen LogP contribution in [0.2, 0.25) is 0 Å². The highest BCUT2D eigenvalue weighted by Gasteiger charge is 2.02. The molecule has 0 amide bonds. The maximum atomic E-state index is 8.93. The second-order valence-corrected chi connectivity index (χ2v) is 5.96. The average molecular weight is 316 g/mol. The molecule has 3 aromatic heterocycles. The number of fused-ring (bicyclic) bond motifs is 1. The van der Waals surface area contributed by atoms with Gasteiger partial charge in [0.2, 0.25) is 0 Å². The highest BCUT2D eigenvalue weighted by molar-refractivity contribution is 7.16. The Morgan fingerprint density at radius 1 is 1.29 bits per heavy atom. The zero-order chi connectivity index (χ0) is 14.5. The van der Waals surface area contributed by atoms with Crippen molar-refractivity contribution in [3.8, 4) is 11.8 Å². The summed E-state index contributed by atoms with van der Waals surface area (Å²) >= 11 is 3.02. The fraction of sp³-hybridized carbons (Fsp3) is 0.214. The number of nitrogens with one attached hydrogen (secondary N) is 1. The molecule has 2 N–H and O–H groups in total. The molecule has 0 aromatic carbocycles. The summed E-state index contributed by atoms with van der Waals surface area (Å²) in [4.78, 5) is 13.6. The van der Waals surface area contributed by atoms with E-state index in [-0.39, 0.29) is 6.61 Å². The number of aliphatic hydroxyl groups is 1. The lowest BCUT2D eigenvalue weighted by Crippen LogP contribution is -2.02. The van der Waals surface area contributed by atoms with Crippen LogP contribution in [-0.2, 0) is 6.61 Å². The largest absolute Gasteiger partial charge is 0.389 e. The Labute approximate surface area is 129 Å². The van der Waals surface area contributed by atoms with Gasteiger partial charge in [-0.05, 0) is 17.4 Å². The van der Waals surface area contributed by atoms with Crippen molar-refractivity contribution in [3.63, 3.8) is 0 Å². The Morgan fingerprint density at radius 2 is 2.24 bits per heavy atom. The van der Waals surface area contributed by atoms with Crippen molar-refractivity contribution in [2.45, 2.75) is 13.0 Å². The molecular formula is C14H12N4OS2. The third-order valence-electron chi connectivity index (χ3n) is 2.71. The Balaban J connectivity index is 1.56. The molecule has 3 heterocycles. The molecule has 0 aliphatic carbocycles. The maximum Gasteiger partial charge on any atom is 0.138 e. The van der Waals surface area contributed by atoms with Crippen molar-refractivity contribution >= 4 is 38.7 Å². The first-order valence-corrected chi connectivity index (χ1v) is 8.09. The van der Waals surface area contributed by atoms with Crippen LogP contribution in [0, 0.1) is 11.8 Å². The van der Waals surface area contributed by atoms with Crippen LogP contribution >= 0.6 is 22.7 Å². The quantitative estimate of drug-likeness (QED) is 0.571. The summed E-state index contributed by atoms with van der Waals surface area (Å²) in [5.41, 5.74) is 0.714. The first-order valence-electron chi connectivity index (χ1n) is 6.33. The van der Waals surface area contributed by atoms with Crippen LogP contribution in [0.3, 0.4) is 0 Å². The fourth-order valence-electron chi connectivity index (χ4n) is 1.77. The van der Waals surface area contributed by atoms with Crippen LogP contribution in [0.25, 0.3) is 10.2 Å². The number of aromatic nitrogens is 3. The molecule has 0 bridgehead atoms. The SMILES string of the molecule is OCc1nc(C#CCCNc2ncnc3sccc23)cs1. The second-order valence-electron chi connectivity index (χ2n) is 4.12. The summed E-state index contributed by atoms with van der Waals surface area (Å²) in [6, 6.07) is 2.01. The normalized spacial score (nSPS) is 10.3. The van der Waals surface area contributed by atoms with E-state index in [4.69, 9.17) is 5.11 Å². The zero-order valence-electron chi connectivity index (χ0n) is 11.0. The predicted molar refractivity (Wildman–Crippen MR) is 85.4 cm³/mol. The van der Waals surface area contributed by atoms with E-state index in [2.05, 4.69) is 32.1 Å². The van der Waals surface area contributed by atoms with Gasteiger partial charge >= 0.3 is 0 Å². The Bertz CT molecular complexity index is 800. The molecule has 3 aromatic rings. The minimum Gasteiger partial charge on any atom is -0.389 e. The van der Waals surface area contributed by atoms with Gasteiger partial charge in [-0.2, -0.15) is 0 Å². The molecule has 0 saturated heterocycles. The predicted octanol–water partition coefficient (Wildman–Crippen LogP) is 2.49. The topological polar surface area (TPSA) is 70.9 Å². The lowest BCUT2D eigenvalue weighted by Gasteiger charge is -2.03. The van der Waals surface area contributed by atoms with E-state index in [1.807, 2.05) is 16.8 Å². The third-order valence-corrected chi connectivity index (χ3v) is 4.36. The van der Waals surface area contributed by atoms with Crippen LogP contribution in [0.5, 0.6) is 0 Å². The van der Waals surface area contributed by atoms with Gasteiger partial charge in [0.15, 0.2) is 0 Å². The van der Waals surface area contributed by atoms with Gasteiger partial charge in [-0.3, -0.25) is 0 Å². The van der Waals surface area contributed by atoms with E-state index < -0.39 is 0 Å². The third kappa shape index (κ3) is 3.36. The summed E-state index contributed by atoms with van der Waals surface area (Å²) in [6.07, 6.45) is 2.26. The lowest BCUT2D eigenvalue weighted by molar-refractivity contribution is 0.281. The van der Waals surface area contributed by atoms with Gasteiger partial charge in [0, 0.05) is 18.3 Å². The molecule has 5 nitrogen and oxygen atoms in total. The van der Waals surface area contributed by atoms with Crippen LogP contribution < -0.4 is 5.32 Å². The monoisotopic (exact) mass is 316 g/mol. The molecule has 0 unspecified atom stereocenters. The molecule has 0 aliphatic heterocycles. The van der Waals surface area contributed by atoms with Crippen molar-refractivity contribution in [1.29, 1.82) is 0 Å². The fourth-order valence-corrected chi connectivity index (χ4v) is 3.09. The highest BCUT2D eigenvalue weighted by atomic mass is 32.1. The van der Waals surface area contributed by atoms with Gasteiger partial charge in [0.1, 0.15) is 27.7 Å². The van der Waals surface area contributed by atoms with Crippen LogP contribution in [0.15, 0.2) is 23.2 Å². The van der Waals surface area contributed by atoms with Gasteiger partial charge in [0.05, 0.1) is 12.0 Å². The first kappa shape index (κ1) is 13.9. The standard InChI is InChI=1S/C14H12N4OS2/c19-7-12-18-10(8-21-12)3-1-2-5-15-13-11-4-6-20-14(11)17-9-16-13/h4,6,8-9,19H,2,5,7H2,(H,15,16,17). The number of thiazole rings is 1. The van der Waals surface area contributed by atoms with Crippen molar-refractivity contribution in [2.75, 3.05) is 11.9 Å². The van der Waals surface area contributed by atoms with Crippen LogP contribution in [0.4, 0.5) is 5.82 Å². The zero-order valence-corrected chi connectivity index (χ0v) is 12.7. The highest BCUT2D eigenvalue weighted by Crippen LogP contribution is 2.23. The average Bonchev–Trinajstić information content (AvgIpc) is 3.15. The number of hydrogen-bond donors (Lipinski definition) is 2. The smallest absolute Gasteiger partial charge is 0.138 e. The minimum atomic E-state index is -0.0295. The summed E-state index contributed by atoms with van der Waals surface area (Å²) < 4.78 is 0. The molecule has 106 valence electrons. The summed E-state index contributed by atoms with van der Waals surface area (Å²) in [7, 11) is 0.